The smallest absolute Gasteiger partial charge is 0.288 e. The molecule has 1 saturated heterocycles. The number of amides is 1. The number of hydrogen-bond donors (Lipinski definition) is 0. The van der Waals surface area contributed by atoms with Gasteiger partial charge in [0.15, 0.2) is 9.84 Å². The van der Waals surface area contributed by atoms with Crippen LogP contribution in [0.25, 0.3) is 0 Å². The van der Waals surface area contributed by atoms with Crippen LogP contribution in [0.1, 0.15) is 28.3 Å². The molecule has 0 aliphatic carbocycles. The van der Waals surface area contributed by atoms with E-state index in [1.807, 2.05) is 0 Å². The van der Waals surface area contributed by atoms with E-state index in [0.717, 1.165) is 6.07 Å². The van der Waals surface area contributed by atoms with Crippen LogP contribution in [0.15, 0.2) is 34.7 Å². The number of hydrogen-bond acceptors (Lipinski definition) is 6. The fourth-order valence-electron chi connectivity index (χ4n) is 3.08. The summed E-state index contributed by atoms with van der Waals surface area (Å²) in [5.74, 6) is 0.520. The van der Waals surface area contributed by atoms with Gasteiger partial charge in [0.2, 0.25) is 0 Å². The second-order valence-corrected chi connectivity index (χ2v) is 9.06. The van der Waals surface area contributed by atoms with Crippen LogP contribution in [0.2, 0.25) is 5.02 Å². The summed E-state index contributed by atoms with van der Waals surface area (Å²) in [6, 6.07) is 6.71. The summed E-state index contributed by atoms with van der Waals surface area (Å²) in [6.45, 7) is 1.83. The largest absolute Gasteiger partial charge is 0.464 e. The number of rotatable bonds is 5. The molecule has 8 nitrogen and oxygen atoms in total. The third-order valence-corrected chi connectivity index (χ3v) is 6.49. The van der Waals surface area contributed by atoms with Crippen molar-refractivity contribution in [3.63, 3.8) is 0 Å². The quantitative estimate of drug-likeness (QED) is 0.551. The average molecular weight is 413 g/mol. The average Bonchev–Trinajstić information content (AvgIpc) is 3.17. The highest BCUT2D eigenvalue weighted by molar-refractivity contribution is 7.91. The van der Waals surface area contributed by atoms with Crippen LogP contribution in [0.3, 0.4) is 0 Å². The predicted molar refractivity (Wildman–Crippen MR) is 98.5 cm³/mol. The minimum atomic E-state index is -3.23. The molecule has 0 bridgehead atoms. The van der Waals surface area contributed by atoms with Gasteiger partial charge in [0, 0.05) is 17.7 Å². The molecule has 0 radical (unpaired) electrons. The lowest BCUT2D eigenvalue weighted by Gasteiger charge is -2.27. The van der Waals surface area contributed by atoms with Crippen molar-refractivity contribution in [3.05, 3.63) is 62.6 Å². The lowest BCUT2D eigenvalue weighted by Crippen LogP contribution is -2.40. The minimum absolute atomic E-state index is 0.000600. The van der Waals surface area contributed by atoms with E-state index in [1.54, 1.807) is 19.1 Å². The van der Waals surface area contributed by atoms with E-state index in [2.05, 4.69) is 0 Å². The SMILES string of the molecule is Cc1ccc(CN(C(=O)c2ccc(Cl)c([N+](=O)[O-])c2)[C@H]2CCS(=O)(=O)C2)o1. The normalized spacial score (nSPS) is 18.4. The van der Waals surface area contributed by atoms with Gasteiger partial charge in [-0.2, -0.15) is 0 Å². The van der Waals surface area contributed by atoms with E-state index < -0.39 is 26.7 Å². The fourth-order valence-corrected chi connectivity index (χ4v) is 4.99. The Morgan fingerprint density at radius 2 is 2.11 bits per heavy atom. The van der Waals surface area contributed by atoms with Crippen molar-refractivity contribution in [1.82, 2.24) is 4.90 Å². The molecule has 0 spiro atoms. The van der Waals surface area contributed by atoms with Crippen LogP contribution >= 0.6 is 11.6 Å². The monoisotopic (exact) mass is 412 g/mol. The first-order chi connectivity index (χ1) is 12.7. The zero-order chi connectivity index (χ0) is 19.8. The Morgan fingerprint density at radius 3 is 2.67 bits per heavy atom. The highest BCUT2D eigenvalue weighted by Gasteiger charge is 2.36. The first-order valence-electron chi connectivity index (χ1n) is 8.17. The Bertz CT molecular complexity index is 1000. The molecule has 0 saturated carbocycles. The van der Waals surface area contributed by atoms with E-state index in [0.29, 0.717) is 17.9 Å². The van der Waals surface area contributed by atoms with Gasteiger partial charge in [-0.25, -0.2) is 8.42 Å². The number of sulfone groups is 1. The lowest BCUT2D eigenvalue weighted by molar-refractivity contribution is -0.384. The maximum atomic E-state index is 13.1. The van der Waals surface area contributed by atoms with Crippen molar-refractivity contribution in [3.8, 4) is 0 Å². The summed E-state index contributed by atoms with van der Waals surface area (Å²) in [6.07, 6.45) is 0.309. The second kappa shape index (κ2) is 7.32. The Balaban J connectivity index is 1.95. The number of aryl methyl sites for hydroxylation is 1. The summed E-state index contributed by atoms with van der Waals surface area (Å²) < 4.78 is 29.3. The fraction of sp³-hybridized carbons (Fsp3) is 0.353. The molecule has 27 heavy (non-hydrogen) atoms. The van der Waals surface area contributed by atoms with Crippen LogP contribution in [-0.4, -0.2) is 41.7 Å². The van der Waals surface area contributed by atoms with Crippen LogP contribution in [0.5, 0.6) is 0 Å². The van der Waals surface area contributed by atoms with Crippen LogP contribution in [-0.2, 0) is 16.4 Å². The standard InChI is InChI=1S/C17H17ClN2O6S/c1-11-2-4-14(26-11)9-19(13-6-7-27(24,25)10-13)17(21)12-3-5-15(18)16(8-12)20(22)23/h2-5,8,13H,6-7,9-10H2,1H3/t13-/m0/s1. The van der Waals surface area contributed by atoms with Crippen LogP contribution in [0, 0.1) is 17.0 Å². The predicted octanol–water partition coefficient (Wildman–Crippen LogP) is 2.98. The van der Waals surface area contributed by atoms with Gasteiger partial charge in [-0.1, -0.05) is 11.6 Å². The third-order valence-electron chi connectivity index (χ3n) is 4.42. The topological polar surface area (TPSA) is 111 Å². The van der Waals surface area contributed by atoms with Gasteiger partial charge < -0.3 is 9.32 Å². The number of benzene rings is 1. The Morgan fingerprint density at radius 1 is 1.37 bits per heavy atom. The molecule has 1 aromatic heterocycles. The number of nitro benzene ring substituents is 1. The van der Waals surface area contributed by atoms with Gasteiger partial charge in [0.1, 0.15) is 16.5 Å². The van der Waals surface area contributed by atoms with Gasteiger partial charge in [0.05, 0.1) is 23.0 Å². The first-order valence-corrected chi connectivity index (χ1v) is 10.4. The maximum absolute atomic E-state index is 13.1. The third kappa shape index (κ3) is 4.30. The molecule has 1 fully saturated rings. The molecule has 1 amide bonds. The molecule has 0 N–H and O–H groups in total. The zero-order valence-corrected chi connectivity index (χ0v) is 16.0. The lowest BCUT2D eigenvalue weighted by atomic mass is 10.1. The summed E-state index contributed by atoms with van der Waals surface area (Å²) in [5.41, 5.74) is -0.311. The van der Waals surface area contributed by atoms with Crippen molar-refractivity contribution in [2.24, 2.45) is 0 Å². The van der Waals surface area contributed by atoms with Gasteiger partial charge in [0.25, 0.3) is 11.6 Å². The zero-order valence-electron chi connectivity index (χ0n) is 14.4. The maximum Gasteiger partial charge on any atom is 0.288 e. The van der Waals surface area contributed by atoms with Gasteiger partial charge in [-0.05, 0) is 37.6 Å². The van der Waals surface area contributed by atoms with E-state index in [-0.39, 0.29) is 34.3 Å². The van der Waals surface area contributed by atoms with Crippen molar-refractivity contribution in [2.75, 3.05) is 11.5 Å². The molecule has 144 valence electrons. The van der Waals surface area contributed by atoms with Crippen LogP contribution < -0.4 is 0 Å². The first kappa shape index (κ1) is 19.4. The van der Waals surface area contributed by atoms with E-state index in [1.165, 1.54) is 17.0 Å². The molecule has 1 aliphatic rings. The number of nitro groups is 1. The van der Waals surface area contributed by atoms with Gasteiger partial charge in [-0.15, -0.1) is 0 Å². The highest BCUT2D eigenvalue weighted by Crippen LogP contribution is 2.28. The van der Waals surface area contributed by atoms with E-state index in [9.17, 15) is 23.3 Å². The molecule has 2 heterocycles. The summed E-state index contributed by atoms with van der Waals surface area (Å²) in [7, 11) is -3.23. The van der Waals surface area contributed by atoms with Crippen molar-refractivity contribution in [1.29, 1.82) is 0 Å². The summed E-state index contributed by atoms with van der Waals surface area (Å²) in [4.78, 5) is 24.9. The Hall–Kier alpha value is -2.39. The summed E-state index contributed by atoms with van der Waals surface area (Å²) >= 11 is 5.81. The number of carbonyl (C=O) groups excluding carboxylic acids is 1. The highest BCUT2D eigenvalue weighted by atomic mass is 35.5. The number of nitrogens with zero attached hydrogens (tertiary/aromatic N) is 2. The van der Waals surface area contributed by atoms with Gasteiger partial charge in [-0.3, -0.25) is 14.9 Å². The molecule has 1 atom stereocenters. The van der Waals surface area contributed by atoms with E-state index in [4.69, 9.17) is 16.0 Å². The van der Waals surface area contributed by atoms with Crippen molar-refractivity contribution >= 4 is 33.0 Å². The molecule has 3 rings (SSSR count). The Kier molecular flexibility index (Phi) is 5.25. The second-order valence-electron chi connectivity index (χ2n) is 6.43. The molecular weight excluding hydrogens is 396 g/mol. The molecule has 1 aliphatic heterocycles. The van der Waals surface area contributed by atoms with Crippen molar-refractivity contribution < 1.29 is 22.6 Å². The molecule has 1 aromatic carbocycles. The van der Waals surface area contributed by atoms with Crippen LogP contribution in [0.4, 0.5) is 5.69 Å². The Labute approximate surface area is 160 Å². The van der Waals surface area contributed by atoms with Gasteiger partial charge >= 0.3 is 0 Å². The number of furan rings is 1. The van der Waals surface area contributed by atoms with E-state index >= 15 is 0 Å². The summed E-state index contributed by atoms with van der Waals surface area (Å²) in [5, 5.41) is 11.0. The molecule has 2 aromatic rings. The van der Waals surface area contributed by atoms with Crippen molar-refractivity contribution in [2.45, 2.75) is 25.9 Å². The number of carbonyl (C=O) groups is 1. The number of halogens is 1. The molecular formula is C17H17ClN2O6S. The molecule has 0 unspecified atom stereocenters. The minimum Gasteiger partial charge on any atom is -0.464 e. The molecule has 10 heteroatoms.